The Morgan fingerprint density at radius 2 is 2.08 bits per heavy atom. The van der Waals surface area contributed by atoms with Gasteiger partial charge in [-0.3, -0.25) is 10.00 Å². The molecule has 0 amide bonds. The largest absolute Gasteiger partial charge is 0.490 e. The molecule has 1 fully saturated rings. The van der Waals surface area contributed by atoms with Gasteiger partial charge in [-0.05, 0) is 56.8 Å². The zero-order chi connectivity index (χ0) is 17.8. The van der Waals surface area contributed by atoms with Crippen molar-refractivity contribution in [2.24, 2.45) is 0 Å². The van der Waals surface area contributed by atoms with E-state index in [2.05, 4.69) is 46.1 Å². The number of nitrogens with one attached hydrogen (secondary N) is 1. The van der Waals surface area contributed by atoms with Crippen LogP contribution in [0.4, 0.5) is 0 Å². The van der Waals surface area contributed by atoms with Gasteiger partial charge < -0.3 is 9.84 Å². The van der Waals surface area contributed by atoms with Crippen LogP contribution in [0.5, 0.6) is 5.75 Å². The molecular formula is C19H28N4O2. The number of aromatic amines is 1. The molecule has 1 aromatic heterocycles. The number of piperidine rings is 1. The predicted octanol–water partition coefficient (Wildman–Crippen LogP) is 2.70. The van der Waals surface area contributed by atoms with Crippen LogP contribution in [0.1, 0.15) is 47.8 Å². The maximum atomic E-state index is 10.5. The molecule has 0 spiro atoms. The van der Waals surface area contributed by atoms with Crippen molar-refractivity contribution in [2.75, 3.05) is 19.7 Å². The molecule has 0 bridgehead atoms. The second-order valence-electron chi connectivity index (χ2n) is 7.00. The van der Waals surface area contributed by atoms with Gasteiger partial charge in [0.2, 0.25) is 0 Å². The van der Waals surface area contributed by atoms with Crippen LogP contribution in [0.15, 0.2) is 18.5 Å². The molecule has 1 aromatic carbocycles. The Bertz CT molecular complexity index is 687. The number of ether oxygens (including phenoxy) is 1. The molecule has 6 nitrogen and oxygen atoms in total. The van der Waals surface area contributed by atoms with E-state index in [0.717, 1.165) is 42.1 Å². The number of H-pyrrole nitrogens is 1. The molecule has 3 rings (SSSR count). The summed E-state index contributed by atoms with van der Waals surface area (Å²) in [6.07, 6.45) is 4.37. The van der Waals surface area contributed by atoms with Gasteiger partial charge in [0.1, 0.15) is 30.6 Å². The molecular weight excluding hydrogens is 316 g/mol. The van der Waals surface area contributed by atoms with E-state index in [0.29, 0.717) is 13.2 Å². The number of benzene rings is 1. The summed E-state index contributed by atoms with van der Waals surface area (Å²) in [6.45, 7) is 8.02. The first kappa shape index (κ1) is 17.9. The zero-order valence-corrected chi connectivity index (χ0v) is 15.3. The van der Waals surface area contributed by atoms with Crippen molar-refractivity contribution in [3.63, 3.8) is 0 Å². The van der Waals surface area contributed by atoms with Crippen LogP contribution in [0.2, 0.25) is 0 Å². The molecule has 0 radical (unpaired) electrons. The topological polar surface area (TPSA) is 74.3 Å². The van der Waals surface area contributed by atoms with Crippen molar-refractivity contribution in [2.45, 2.75) is 52.2 Å². The van der Waals surface area contributed by atoms with E-state index in [4.69, 9.17) is 4.74 Å². The smallest absolute Gasteiger partial charge is 0.141 e. The van der Waals surface area contributed by atoms with E-state index in [9.17, 15) is 5.11 Å². The Kier molecular flexibility index (Phi) is 5.71. The van der Waals surface area contributed by atoms with Crippen molar-refractivity contribution in [3.8, 4) is 5.75 Å². The van der Waals surface area contributed by atoms with Crippen LogP contribution < -0.4 is 4.74 Å². The second kappa shape index (κ2) is 7.97. The molecule has 2 unspecified atom stereocenters. The van der Waals surface area contributed by atoms with E-state index in [1.165, 1.54) is 12.0 Å². The van der Waals surface area contributed by atoms with E-state index in [-0.39, 0.29) is 6.04 Å². The molecule has 0 aliphatic carbocycles. The van der Waals surface area contributed by atoms with E-state index in [1.807, 2.05) is 6.92 Å². The number of hydrogen-bond donors (Lipinski definition) is 2. The fourth-order valence-electron chi connectivity index (χ4n) is 3.55. The van der Waals surface area contributed by atoms with Crippen LogP contribution in [-0.4, -0.2) is 51.0 Å². The van der Waals surface area contributed by atoms with Crippen LogP contribution in [0, 0.1) is 20.8 Å². The number of β-amino-alcohol motifs (C(OH)–C–C–N with tert-alkyl or cyclic N) is 1. The fraction of sp³-hybridized carbons (Fsp3) is 0.579. The van der Waals surface area contributed by atoms with Crippen LogP contribution >= 0.6 is 0 Å². The highest BCUT2D eigenvalue weighted by molar-refractivity contribution is 5.44. The molecule has 136 valence electrons. The number of likely N-dealkylation sites (tertiary alicyclic amines) is 1. The lowest BCUT2D eigenvalue weighted by molar-refractivity contribution is 0.0370. The molecule has 2 atom stereocenters. The molecule has 25 heavy (non-hydrogen) atoms. The van der Waals surface area contributed by atoms with Gasteiger partial charge in [-0.1, -0.05) is 18.6 Å². The lowest BCUT2D eigenvalue weighted by atomic mass is 10.0. The molecule has 1 aliphatic heterocycles. The summed E-state index contributed by atoms with van der Waals surface area (Å²) in [5, 5.41) is 17.5. The minimum Gasteiger partial charge on any atom is -0.490 e. The lowest BCUT2D eigenvalue weighted by Crippen LogP contribution is -2.41. The Morgan fingerprint density at radius 1 is 1.28 bits per heavy atom. The van der Waals surface area contributed by atoms with Gasteiger partial charge in [-0.15, -0.1) is 0 Å². The first-order valence-corrected chi connectivity index (χ1v) is 9.03. The quantitative estimate of drug-likeness (QED) is 0.843. The molecule has 2 heterocycles. The minimum absolute atomic E-state index is 0.202. The number of rotatable bonds is 6. The zero-order valence-electron chi connectivity index (χ0n) is 15.3. The third-order valence-corrected chi connectivity index (χ3v) is 5.10. The van der Waals surface area contributed by atoms with Crippen LogP contribution in [-0.2, 0) is 0 Å². The van der Waals surface area contributed by atoms with Gasteiger partial charge in [-0.2, -0.15) is 5.10 Å². The highest BCUT2D eigenvalue weighted by Gasteiger charge is 2.27. The highest BCUT2D eigenvalue weighted by Crippen LogP contribution is 2.29. The Labute approximate surface area is 149 Å². The minimum atomic E-state index is -0.539. The predicted molar refractivity (Wildman–Crippen MR) is 96.7 cm³/mol. The number of nitrogens with zero attached hydrogens (tertiary/aromatic N) is 3. The number of aliphatic hydroxyl groups excluding tert-OH is 1. The second-order valence-corrected chi connectivity index (χ2v) is 7.00. The van der Waals surface area contributed by atoms with Crippen molar-refractivity contribution in [1.29, 1.82) is 0 Å². The summed E-state index contributed by atoms with van der Waals surface area (Å²) < 4.78 is 5.97. The summed E-state index contributed by atoms with van der Waals surface area (Å²) in [4.78, 5) is 6.59. The Balaban J connectivity index is 1.60. The van der Waals surface area contributed by atoms with Crippen molar-refractivity contribution in [1.82, 2.24) is 20.1 Å². The van der Waals surface area contributed by atoms with Gasteiger partial charge in [0.15, 0.2) is 0 Å². The first-order chi connectivity index (χ1) is 12.1. The molecule has 2 N–H and O–H groups in total. The number of aryl methyl sites for hydroxylation is 2. The third-order valence-electron chi connectivity index (χ3n) is 5.10. The van der Waals surface area contributed by atoms with E-state index in [1.54, 1.807) is 6.33 Å². The molecule has 1 aliphatic rings. The molecule has 2 aromatic rings. The summed E-state index contributed by atoms with van der Waals surface area (Å²) in [7, 11) is 0. The van der Waals surface area contributed by atoms with Gasteiger partial charge >= 0.3 is 0 Å². The van der Waals surface area contributed by atoms with Gasteiger partial charge in [0.25, 0.3) is 0 Å². The fourth-order valence-corrected chi connectivity index (χ4v) is 3.55. The number of aromatic nitrogens is 3. The Hall–Kier alpha value is -1.92. The van der Waals surface area contributed by atoms with Gasteiger partial charge in [-0.25, -0.2) is 4.98 Å². The number of aliphatic hydroxyl groups is 1. The summed E-state index contributed by atoms with van der Waals surface area (Å²) in [5.74, 6) is 1.78. The highest BCUT2D eigenvalue weighted by atomic mass is 16.5. The molecule has 0 saturated carbocycles. The van der Waals surface area contributed by atoms with Crippen molar-refractivity contribution < 1.29 is 9.84 Å². The maximum Gasteiger partial charge on any atom is 0.141 e. The maximum absolute atomic E-state index is 10.5. The first-order valence-electron chi connectivity index (χ1n) is 9.03. The van der Waals surface area contributed by atoms with Crippen molar-refractivity contribution >= 4 is 0 Å². The SMILES string of the molecule is Cc1ccc(C)c(OCC(O)CN2CCCCC2c2ncn[nH]2)c1C. The van der Waals surface area contributed by atoms with Gasteiger partial charge in [0, 0.05) is 6.54 Å². The van der Waals surface area contributed by atoms with Crippen LogP contribution in [0.25, 0.3) is 0 Å². The van der Waals surface area contributed by atoms with E-state index < -0.39 is 6.10 Å². The molecule has 1 saturated heterocycles. The average Bonchev–Trinajstić information content (AvgIpc) is 3.13. The standard InChI is InChI=1S/C19H28N4O2/c1-13-7-8-14(2)18(15(13)3)25-11-16(24)10-23-9-5-4-6-17(23)19-20-12-21-22-19/h7-8,12,16-17,24H,4-6,9-11H2,1-3H3,(H,20,21,22). The van der Waals surface area contributed by atoms with Gasteiger partial charge in [0.05, 0.1) is 6.04 Å². The number of hydrogen-bond acceptors (Lipinski definition) is 5. The summed E-state index contributed by atoms with van der Waals surface area (Å²) in [5.41, 5.74) is 3.45. The summed E-state index contributed by atoms with van der Waals surface area (Å²) in [6, 6.07) is 4.37. The Morgan fingerprint density at radius 3 is 2.84 bits per heavy atom. The summed E-state index contributed by atoms with van der Waals surface area (Å²) >= 11 is 0. The lowest BCUT2D eigenvalue weighted by Gasteiger charge is -2.35. The molecule has 6 heteroatoms. The third kappa shape index (κ3) is 4.19. The average molecular weight is 344 g/mol. The normalized spacial score (nSPS) is 19.8. The van der Waals surface area contributed by atoms with Crippen molar-refractivity contribution in [3.05, 3.63) is 41.0 Å². The van der Waals surface area contributed by atoms with Crippen LogP contribution in [0.3, 0.4) is 0 Å². The van der Waals surface area contributed by atoms with E-state index >= 15 is 0 Å². The monoisotopic (exact) mass is 344 g/mol.